The fourth-order valence-corrected chi connectivity index (χ4v) is 0.873. The maximum Gasteiger partial charge on any atom is 0.137 e. The van der Waals surface area contributed by atoms with Crippen LogP contribution in [0.2, 0.25) is 0 Å². The fraction of sp³-hybridized carbons (Fsp3) is 0.875. The maximum absolute atomic E-state index is 10.4. The molecule has 0 fully saturated rings. The van der Waals surface area contributed by atoms with E-state index in [1.165, 1.54) is 0 Å². The lowest BCUT2D eigenvalue weighted by Crippen LogP contribution is -2.35. The number of likely N-dealkylation sites (N-methyl/N-ethyl adjacent to an activating group) is 1. The molecule has 0 aliphatic rings. The molecule has 2 nitrogen and oxygen atoms in total. The Kier molecular flexibility index (Phi) is 5.22. The maximum atomic E-state index is 10.4. The molecule has 2 heteroatoms. The molecular formula is C8H17NO. The van der Waals surface area contributed by atoms with Crippen LogP contribution in [0.3, 0.4) is 0 Å². The molecule has 10 heavy (non-hydrogen) atoms. The highest BCUT2D eigenvalue weighted by molar-refractivity contribution is 5.57. The largest absolute Gasteiger partial charge is 0.308 e. The molecule has 0 rings (SSSR count). The van der Waals surface area contributed by atoms with Crippen LogP contribution in [0.5, 0.6) is 0 Å². The fourth-order valence-electron chi connectivity index (χ4n) is 0.873. The number of rotatable bonds is 5. The van der Waals surface area contributed by atoms with Crippen LogP contribution in [0, 0.1) is 5.92 Å². The number of aldehydes is 1. The number of nitrogens with one attached hydrogen (secondary N) is 1. The van der Waals surface area contributed by atoms with E-state index < -0.39 is 0 Å². The summed E-state index contributed by atoms with van der Waals surface area (Å²) < 4.78 is 0. The average Bonchev–Trinajstić information content (AvgIpc) is 1.99. The molecule has 0 radical (unpaired) electrons. The van der Waals surface area contributed by atoms with E-state index in [9.17, 15) is 4.79 Å². The third-order valence-electron chi connectivity index (χ3n) is 1.84. The van der Waals surface area contributed by atoms with Crippen LogP contribution < -0.4 is 5.32 Å². The van der Waals surface area contributed by atoms with E-state index in [4.69, 9.17) is 0 Å². The van der Waals surface area contributed by atoms with Gasteiger partial charge < -0.3 is 10.1 Å². The summed E-state index contributed by atoms with van der Waals surface area (Å²) in [6.45, 7) is 7.06. The van der Waals surface area contributed by atoms with E-state index >= 15 is 0 Å². The minimum atomic E-state index is 0.0509. The number of hydrogen-bond donors (Lipinski definition) is 1. The van der Waals surface area contributed by atoms with E-state index in [1.54, 1.807) is 0 Å². The molecule has 0 aromatic rings. The van der Waals surface area contributed by atoms with Gasteiger partial charge in [0.05, 0.1) is 6.04 Å². The van der Waals surface area contributed by atoms with Crippen LogP contribution >= 0.6 is 0 Å². The Bertz CT molecular complexity index is 93.3. The monoisotopic (exact) mass is 143 g/mol. The summed E-state index contributed by atoms with van der Waals surface area (Å²) in [4.78, 5) is 10.4. The first kappa shape index (κ1) is 9.63. The molecule has 0 bridgehead atoms. The van der Waals surface area contributed by atoms with Gasteiger partial charge in [0.25, 0.3) is 0 Å². The van der Waals surface area contributed by atoms with E-state index in [2.05, 4.69) is 19.2 Å². The molecule has 0 heterocycles. The number of carbonyl (C=O) groups excluding carboxylic acids is 1. The zero-order chi connectivity index (χ0) is 7.98. The predicted octanol–water partition coefficient (Wildman–Crippen LogP) is 1.21. The second kappa shape index (κ2) is 5.42. The van der Waals surface area contributed by atoms with E-state index in [0.29, 0.717) is 5.92 Å². The molecule has 0 aromatic heterocycles. The first-order valence-corrected chi connectivity index (χ1v) is 3.94. The van der Waals surface area contributed by atoms with Crippen molar-refractivity contribution >= 4 is 6.29 Å². The van der Waals surface area contributed by atoms with Crippen molar-refractivity contribution in [3.8, 4) is 0 Å². The van der Waals surface area contributed by atoms with Gasteiger partial charge in [-0.1, -0.05) is 27.2 Å². The minimum Gasteiger partial charge on any atom is -0.308 e. The molecule has 0 amide bonds. The lowest BCUT2D eigenvalue weighted by molar-refractivity contribution is -0.110. The molecule has 0 spiro atoms. The van der Waals surface area contributed by atoms with Gasteiger partial charge >= 0.3 is 0 Å². The van der Waals surface area contributed by atoms with Gasteiger partial charge in [0, 0.05) is 0 Å². The Hall–Kier alpha value is -0.370. The van der Waals surface area contributed by atoms with Crippen molar-refractivity contribution in [3.05, 3.63) is 0 Å². The van der Waals surface area contributed by atoms with Crippen LogP contribution in [0.4, 0.5) is 0 Å². The third-order valence-corrected chi connectivity index (χ3v) is 1.84. The van der Waals surface area contributed by atoms with E-state index in [0.717, 1.165) is 19.3 Å². The molecule has 2 atom stereocenters. The zero-order valence-electron chi connectivity index (χ0n) is 7.05. The minimum absolute atomic E-state index is 0.0509. The molecule has 1 N–H and O–H groups in total. The van der Waals surface area contributed by atoms with Crippen LogP contribution in [0.1, 0.15) is 27.2 Å². The Morgan fingerprint density at radius 3 is 2.40 bits per heavy atom. The summed E-state index contributed by atoms with van der Waals surface area (Å²) >= 11 is 0. The average molecular weight is 143 g/mol. The second-order valence-corrected chi connectivity index (χ2v) is 2.61. The van der Waals surface area contributed by atoms with Crippen molar-refractivity contribution in [2.45, 2.75) is 33.2 Å². The lowest BCUT2D eigenvalue weighted by atomic mass is 10.0. The molecule has 0 aliphatic heterocycles. The van der Waals surface area contributed by atoms with Gasteiger partial charge in [-0.3, -0.25) is 0 Å². The van der Waals surface area contributed by atoms with E-state index in [1.807, 2.05) is 6.92 Å². The van der Waals surface area contributed by atoms with E-state index in [-0.39, 0.29) is 6.04 Å². The lowest BCUT2D eigenvalue weighted by Gasteiger charge is -2.16. The van der Waals surface area contributed by atoms with Crippen LogP contribution in [-0.2, 0) is 4.79 Å². The number of hydrogen-bond acceptors (Lipinski definition) is 2. The van der Waals surface area contributed by atoms with Gasteiger partial charge in [0.1, 0.15) is 6.29 Å². The zero-order valence-corrected chi connectivity index (χ0v) is 7.05. The summed E-state index contributed by atoms with van der Waals surface area (Å²) in [6.07, 6.45) is 2.05. The molecule has 0 saturated heterocycles. The van der Waals surface area contributed by atoms with Crippen LogP contribution in [0.15, 0.2) is 0 Å². The summed E-state index contributed by atoms with van der Waals surface area (Å²) in [5.74, 6) is 0.456. The Morgan fingerprint density at radius 2 is 2.10 bits per heavy atom. The SMILES string of the molecule is CCNC(C=O)C(C)CC. The highest BCUT2D eigenvalue weighted by Crippen LogP contribution is 2.04. The first-order valence-electron chi connectivity index (χ1n) is 3.94. The molecular weight excluding hydrogens is 126 g/mol. The number of carbonyl (C=O) groups is 1. The molecule has 0 aliphatic carbocycles. The Morgan fingerprint density at radius 1 is 1.50 bits per heavy atom. The summed E-state index contributed by atoms with van der Waals surface area (Å²) in [5, 5.41) is 3.11. The van der Waals surface area contributed by atoms with Crippen molar-refractivity contribution in [3.63, 3.8) is 0 Å². The summed E-state index contributed by atoms with van der Waals surface area (Å²) in [5.41, 5.74) is 0. The summed E-state index contributed by atoms with van der Waals surface area (Å²) in [6, 6.07) is 0.0509. The Balaban J connectivity index is 3.67. The topological polar surface area (TPSA) is 29.1 Å². The van der Waals surface area contributed by atoms with Gasteiger partial charge in [-0.2, -0.15) is 0 Å². The molecule has 0 saturated carbocycles. The van der Waals surface area contributed by atoms with Crippen molar-refractivity contribution < 1.29 is 4.79 Å². The van der Waals surface area contributed by atoms with Crippen molar-refractivity contribution in [1.82, 2.24) is 5.32 Å². The van der Waals surface area contributed by atoms with Crippen molar-refractivity contribution in [2.24, 2.45) is 5.92 Å². The third kappa shape index (κ3) is 2.97. The summed E-state index contributed by atoms with van der Waals surface area (Å²) in [7, 11) is 0. The van der Waals surface area contributed by atoms with Gasteiger partial charge in [0.2, 0.25) is 0 Å². The van der Waals surface area contributed by atoms with Crippen molar-refractivity contribution in [2.75, 3.05) is 6.54 Å². The highest BCUT2D eigenvalue weighted by atomic mass is 16.1. The molecule has 60 valence electrons. The molecule has 0 aromatic carbocycles. The van der Waals surface area contributed by atoms with Crippen LogP contribution in [-0.4, -0.2) is 18.9 Å². The smallest absolute Gasteiger partial charge is 0.137 e. The second-order valence-electron chi connectivity index (χ2n) is 2.61. The Labute approximate surface area is 63.0 Å². The predicted molar refractivity (Wildman–Crippen MR) is 43.0 cm³/mol. The molecule has 2 unspecified atom stereocenters. The normalized spacial score (nSPS) is 16.3. The van der Waals surface area contributed by atoms with Crippen molar-refractivity contribution in [1.29, 1.82) is 0 Å². The van der Waals surface area contributed by atoms with Gasteiger partial charge in [-0.15, -0.1) is 0 Å². The standard InChI is InChI=1S/C8H17NO/c1-4-7(3)8(6-10)9-5-2/h6-9H,4-5H2,1-3H3. The quantitative estimate of drug-likeness (QED) is 0.586. The highest BCUT2D eigenvalue weighted by Gasteiger charge is 2.11. The van der Waals surface area contributed by atoms with Crippen LogP contribution in [0.25, 0.3) is 0 Å². The van der Waals surface area contributed by atoms with Gasteiger partial charge in [0.15, 0.2) is 0 Å². The van der Waals surface area contributed by atoms with Gasteiger partial charge in [-0.05, 0) is 12.5 Å². The van der Waals surface area contributed by atoms with Gasteiger partial charge in [-0.25, -0.2) is 0 Å². The first-order chi connectivity index (χ1) is 4.76.